The van der Waals surface area contributed by atoms with E-state index in [1.165, 1.54) is 24.3 Å². The summed E-state index contributed by atoms with van der Waals surface area (Å²) in [5.74, 6) is -6.69. The van der Waals surface area contributed by atoms with Crippen LogP contribution in [0.4, 0.5) is 8.78 Å². The van der Waals surface area contributed by atoms with Gasteiger partial charge in [-0.05, 0) is 0 Å². The van der Waals surface area contributed by atoms with Crippen LogP contribution < -0.4 is 0 Å². The number of alkyl halides is 2. The summed E-state index contributed by atoms with van der Waals surface area (Å²) in [6.45, 7) is 0.458. The summed E-state index contributed by atoms with van der Waals surface area (Å²) < 4.78 is 25.4. The molecule has 0 fully saturated rings. The van der Waals surface area contributed by atoms with Crippen LogP contribution in [0.1, 0.15) is 12.5 Å². The summed E-state index contributed by atoms with van der Waals surface area (Å²) in [6.07, 6.45) is 0. The smallest absolute Gasteiger partial charge is 0.302 e. The van der Waals surface area contributed by atoms with Gasteiger partial charge in [0.25, 0.3) is 5.79 Å². The van der Waals surface area contributed by atoms with E-state index >= 15 is 0 Å². The highest BCUT2D eigenvalue weighted by atomic mass is 19.3. The van der Waals surface area contributed by atoms with Crippen molar-refractivity contribution in [2.75, 3.05) is 0 Å². The number of halogens is 2. The minimum Gasteiger partial charge on any atom is -0.357 e. The molecule has 2 N–H and O–H groups in total. The molecule has 4 heteroatoms. The zero-order valence-corrected chi connectivity index (χ0v) is 7.04. The van der Waals surface area contributed by atoms with Gasteiger partial charge in [0, 0.05) is 12.5 Å². The molecule has 0 saturated heterocycles. The highest BCUT2D eigenvalue weighted by Gasteiger charge is 2.48. The molecule has 1 aromatic rings. The molecule has 0 radical (unpaired) electrons. The van der Waals surface area contributed by atoms with Crippen LogP contribution in [-0.4, -0.2) is 16.1 Å². The third-order valence-electron chi connectivity index (χ3n) is 1.79. The molecule has 0 heterocycles. The molecule has 2 nitrogen and oxygen atoms in total. The topological polar surface area (TPSA) is 40.5 Å². The van der Waals surface area contributed by atoms with Crippen LogP contribution in [0.25, 0.3) is 0 Å². The average molecular weight is 188 g/mol. The lowest BCUT2D eigenvalue weighted by Gasteiger charge is -2.28. The van der Waals surface area contributed by atoms with Crippen molar-refractivity contribution >= 4 is 0 Å². The number of rotatable bonds is 2. The Morgan fingerprint density at radius 3 is 1.92 bits per heavy atom. The number of benzene rings is 1. The molecule has 0 atom stereocenters. The molecule has 1 aromatic carbocycles. The van der Waals surface area contributed by atoms with Gasteiger partial charge >= 0.3 is 5.92 Å². The van der Waals surface area contributed by atoms with Crippen molar-refractivity contribution in [1.82, 2.24) is 0 Å². The number of aliphatic hydroxyl groups is 2. The normalized spacial score (nSPS) is 13.0. The van der Waals surface area contributed by atoms with Gasteiger partial charge in [0.15, 0.2) is 0 Å². The quantitative estimate of drug-likeness (QED) is 0.690. The largest absolute Gasteiger partial charge is 0.357 e. The van der Waals surface area contributed by atoms with Gasteiger partial charge in [0.2, 0.25) is 0 Å². The van der Waals surface area contributed by atoms with Gasteiger partial charge in [-0.2, -0.15) is 0 Å². The van der Waals surface area contributed by atoms with E-state index in [9.17, 15) is 8.78 Å². The molecule has 0 aliphatic rings. The van der Waals surface area contributed by atoms with Crippen molar-refractivity contribution in [2.24, 2.45) is 0 Å². The molecule has 72 valence electrons. The highest BCUT2D eigenvalue weighted by molar-refractivity contribution is 5.21. The van der Waals surface area contributed by atoms with E-state index in [0.29, 0.717) is 6.92 Å². The molecule has 0 bridgehead atoms. The predicted molar refractivity (Wildman–Crippen MR) is 43.2 cm³/mol. The predicted octanol–water partition coefficient (Wildman–Crippen LogP) is 1.48. The molecule has 0 aromatic heterocycles. The Hall–Kier alpha value is -1.00. The minimum atomic E-state index is -3.59. The van der Waals surface area contributed by atoms with Crippen molar-refractivity contribution in [3.63, 3.8) is 0 Å². The van der Waals surface area contributed by atoms with E-state index < -0.39 is 11.7 Å². The summed E-state index contributed by atoms with van der Waals surface area (Å²) in [4.78, 5) is 0. The number of hydrogen-bond acceptors (Lipinski definition) is 2. The Morgan fingerprint density at radius 2 is 1.54 bits per heavy atom. The summed E-state index contributed by atoms with van der Waals surface area (Å²) in [6, 6.07) is 6.99. The fourth-order valence-electron chi connectivity index (χ4n) is 0.924. The Labute approximate surface area is 74.4 Å². The van der Waals surface area contributed by atoms with Crippen molar-refractivity contribution in [3.8, 4) is 0 Å². The van der Waals surface area contributed by atoms with Crippen molar-refractivity contribution < 1.29 is 19.0 Å². The van der Waals surface area contributed by atoms with E-state index in [1.54, 1.807) is 6.07 Å². The summed E-state index contributed by atoms with van der Waals surface area (Å²) >= 11 is 0. The van der Waals surface area contributed by atoms with Gasteiger partial charge in [0.1, 0.15) is 0 Å². The third-order valence-corrected chi connectivity index (χ3v) is 1.79. The van der Waals surface area contributed by atoms with E-state index in [-0.39, 0.29) is 5.56 Å². The van der Waals surface area contributed by atoms with Gasteiger partial charge < -0.3 is 10.2 Å². The molecule has 0 saturated carbocycles. The molecule has 0 unspecified atom stereocenters. The van der Waals surface area contributed by atoms with Crippen LogP contribution in [0, 0.1) is 0 Å². The van der Waals surface area contributed by atoms with Crippen molar-refractivity contribution in [1.29, 1.82) is 0 Å². The monoisotopic (exact) mass is 188 g/mol. The Balaban J connectivity index is 3.08. The second-order valence-corrected chi connectivity index (χ2v) is 2.93. The SMILES string of the molecule is CC(F)(F)C(O)(O)c1ccccc1. The third kappa shape index (κ3) is 1.84. The van der Waals surface area contributed by atoms with Crippen LogP contribution in [0.3, 0.4) is 0 Å². The molecule has 13 heavy (non-hydrogen) atoms. The lowest BCUT2D eigenvalue weighted by molar-refractivity contribution is -0.297. The van der Waals surface area contributed by atoms with Crippen molar-refractivity contribution in [3.05, 3.63) is 35.9 Å². The van der Waals surface area contributed by atoms with Crippen LogP contribution in [0.15, 0.2) is 30.3 Å². The number of hydrogen-bond donors (Lipinski definition) is 2. The molecule has 0 aliphatic heterocycles. The average Bonchev–Trinajstić information content (AvgIpc) is 2.04. The van der Waals surface area contributed by atoms with E-state index in [2.05, 4.69) is 0 Å². The van der Waals surface area contributed by atoms with Gasteiger partial charge in [-0.25, -0.2) is 8.78 Å². The fourth-order valence-corrected chi connectivity index (χ4v) is 0.924. The summed E-state index contributed by atoms with van der Waals surface area (Å²) in [5, 5.41) is 18.3. The second kappa shape index (κ2) is 3.05. The lowest BCUT2D eigenvalue weighted by Crippen LogP contribution is -2.42. The zero-order chi connectivity index (χ0) is 10.1. The standard InChI is InChI=1S/C9H10F2O2/c1-8(10,11)9(12,13)7-5-3-2-4-6-7/h2-6,12-13H,1H3. The fraction of sp³-hybridized carbons (Fsp3) is 0.333. The molecule has 0 amide bonds. The van der Waals surface area contributed by atoms with Crippen LogP contribution in [-0.2, 0) is 5.79 Å². The van der Waals surface area contributed by atoms with Gasteiger partial charge in [-0.3, -0.25) is 0 Å². The maximum atomic E-state index is 12.7. The molecule has 1 rings (SSSR count). The molecular formula is C9H10F2O2. The van der Waals surface area contributed by atoms with E-state index in [1.807, 2.05) is 0 Å². The van der Waals surface area contributed by atoms with Crippen molar-refractivity contribution in [2.45, 2.75) is 18.6 Å². The lowest BCUT2D eigenvalue weighted by atomic mass is 10.0. The van der Waals surface area contributed by atoms with Crippen LogP contribution in [0.2, 0.25) is 0 Å². The first-order valence-corrected chi connectivity index (χ1v) is 3.74. The Kier molecular flexibility index (Phi) is 2.36. The molecule has 0 spiro atoms. The first-order chi connectivity index (χ1) is 5.86. The first kappa shape index (κ1) is 10.1. The van der Waals surface area contributed by atoms with Gasteiger partial charge in [-0.1, -0.05) is 30.3 Å². The Bertz CT molecular complexity index is 277. The molecular weight excluding hydrogens is 178 g/mol. The van der Waals surface area contributed by atoms with E-state index in [4.69, 9.17) is 10.2 Å². The van der Waals surface area contributed by atoms with Crippen LogP contribution in [0.5, 0.6) is 0 Å². The van der Waals surface area contributed by atoms with Crippen LogP contribution >= 0.6 is 0 Å². The second-order valence-electron chi connectivity index (χ2n) is 2.93. The maximum absolute atomic E-state index is 12.7. The van der Waals surface area contributed by atoms with E-state index in [0.717, 1.165) is 0 Å². The Morgan fingerprint density at radius 1 is 1.08 bits per heavy atom. The summed E-state index contributed by atoms with van der Waals surface area (Å²) in [5.41, 5.74) is -0.220. The minimum absolute atomic E-state index is 0.220. The maximum Gasteiger partial charge on any atom is 0.302 e. The van der Waals surface area contributed by atoms with Gasteiger partial charge in [-0.15, -0.1) is 0 Å². The summed E-state index contributed by atoms with van der Waals surface area (Å²) in [7, 11) is 0. The zero-order valence-electron chi connectivity index (χ0n) is 7.04. The molecule has 0 aliphatic carbocycles. The first-order valence-electron chi connectivity index (χ1n) is 3.74. The van der Waals surface area contributed by atoms with Gasteiger partial charge in [0.05, 0.1) is 0 Å². The highest BCUT2D eigenvalue weighted by Crippen LogP contribution is 2.34.